The molecule has 0 saturated carbocycles. The van der Waals surface area contributed by atoms with E-state index in [1.807, 2.05) is 18.2 Å². The number of nitrogens with one attached hydrogen (secondary N) is 1. The Morgan fingerprint density at radius 3 is 3.00 bits per heavy atom. The van der Waals surface area contributed by atoms with Crippen LogP contribution in [0, 0.1) is 0 Å². The number of rotatable bonds is 5. The molecule has 7 heteroatoms. The van der Waals surface area contributed by atoms with Crippen LogP contribution in [0.15, 0.2) is 22.7 Å². The van der Waals surface area contributed by atoms with Gasteiger partial charge in [0.15, 0.2) is 0 Å². The molecule has 1 saturated heterocycles. The molecule has 1 fully saturated rings. The fraction of sp³-hybridized carbons (Fsp3) is 0.417. The molecule has 2 atom stereocenters. The molecule has 0 amide bonds. The minimum atomic E-state index is -0.819. The van der Waals surface area contributed by atoms with Crippen LogP contribution in [0.5, 0.6) is 11.5 Å². The summed E-state index contributed by atoms with van der Waals surface area (Å²) in [4.78, 5) is 10.8. The SMILES string of the molecule is COc1ccc(OCC2NC(C(=O)O)CS2)c(Br)c1. The van der Waals surface area contributed by atoms with Crippen molar-refractivity contribution in [2.75, 3.05) is 19.5 Å². The zero-order chi connectivity index (χ0) is 13.8. The van der Waals surface area contributed by atoms with Gasteiger partial charge in [0.25, 0.3) is 0 Å². The van der Waals surface area contributed by atoms with Gasteiger partial charge in [0.05, 0.1) is 17.0 Å². The summed E-state index contributed by atoms with van der Waals surface area (Å²) in [5, 5.41) is 11.9. The highest BCUT2D eigenvalue weighted by Gasteiger charge is 2.29. The van der Waals surface area contributed by atoms with Gasteiger partial charge in [-0.25, -0.2) is 0 Å². The summed E-state index contributed by atoms with van der Waals surface area (Å²) in [6, 6.07) is 4.97. The van der Waals surface area contributed by atoms with E-state index in [1.165, 1.54) is 0 Å². The number of aliphatic carboxylic acids is 1. The van der Waals surface area contributed by atoms with E-state index >= 15 is 0 Å². The highest BCUT2D eigenvalue weighted by Crippen LogP contribution is 2.30. The molecule has 0 radical (unpaired) electrons. The maximum atomic E-state index is 10.8. The second-order valence-electron chi connectivity index (χ2n) is 3.99. The monoisotopic (exact) mass is 347 g/mol. The average molecular weight is 348 g/mol. The fourth-order valence-corrected chi connectivity index (χ4v) is 3.22. The van der Waals surface area contributed by atoms with Crippen LogP contribution >= 0.6 is 27.7 Å². The lowest BCUT2D eigenvalue weighted by molar-refractivity contribution is -0.138. The van der Waals surface area contributed by atoms with Gasteiger partial charge in [-0.2, -0.15) is 0 Å². The largest absolute Gasteiger partial charge is 0.497 e. The summed E-state index contributed by atoms with van der Waals surface area (Å²) < 4.78 is 11.6. The van der Waals surface area contributed by atoms with Crippen molar-refractivity contribution >= 4 is 33.7 Å². The average Bonchev–Trinajstić information content (AvgIpc) is 2.86. The third-order valence-electron chi connectivity index (χ3n) is 2.68. The standard InChI is InChI=1S/C12H14BrNO4S/c1-17-7-2-3-10(8(13)4-7)18-5-11-14-9(6-19-11)12(15)16/h2-4,9,11,14H,5-6H2,1H3,(H,15,16). The molecule has 104 valence electrons. The third kappa shape index (κ3) is 3.77. The van der Waals surface area contributed by atoms with Crippen LogP contribution in [0.1, 0.15) is 0 Å². The first kappa shape index (κ1) is 14.5. The quantitative estimate of drug-likeness (QED) is 0.848. The maximum Gasteiger partial charge on any atom is 0.321 e. The molecule has 1 aliphatic heterocycles. The van der Waals surface area contributed by atoms with E-state index in [4.69, 9.17) is 14.6 Å². The molecule has 1 heterocycles. The molecular formula is C12H14BrNO4S. The molecule has 0 aliphatic carbocycles. The van der Waals surface area contributed by atoms with Gasteiger partial charge in [-0.15, -0.1) is 11.8 Å². The van der Waals surface area contributed by atoms with E-state index in [0.29, 0.717) is 18.1 Å². The van der Waals surface area contributed by atoms with Gasteiger partial charge >= 0.3 is 5.97 Å². The van der Waals surface area contributed by atoms with E-state index in [9.17, 15) is 4.79 Å². The topological polar surface area (TPSA) is 67.8 Å². The number of halogens is 1. The van der Waals surface area contributed by atoms with Crippen LogP contribution in [0.25, 0.3) is 0 Å². The maximum absolute atomic E-state index is 10.8. The zero-order valence-corrected chi connectivity index (χ0v) is 12.7. The second kappa shape index (κ2) is 6.49. The van der Waals surface area contributed by atoms with Crippen molar-refractivity contribution in [3.63, 3.8) is 0 Å². The van der Waals surface area contributed by atoms with Crippen LogP contribution in [-0.4, -0.2) is 42.0 Å². The lowest BCUT2D eigenvalue weighted by Gasteiger charge is -2.14. The first-order chi connectivity index (χ1) is 9.10. The summed E-state index contributed by atoms with van der Waals surface area (Å²) in [6.07, 6.45) is 0. The van der Waals surface area contributed by atoms with Crippen LogP contribution < -0.4 is 14.8 Å². The number of ether oxygens (including phenoxy) is 2. The van der Waals surface area contributed by atoms with Gasteiger partial charge in [-0.05, 0) is 34.1 Å². The Balaban J connectivity index is 1.88. The molecule has 0 spiro atoms. The third-order valence-corrected chi connectivity index (χ3v) is 4.50. The van der Waals surface area contributed by atoms with Crippen LogP contribution in [0.3, 0.4) is 0 Å². The fourth-order valence-electron chi connectivity index (χ4n) is 1.66. The highest BCUT2D eigenvalue weighted by molar-refractivity contribution is 9.10. The van der Waals surface area contributed by atoms with Gasteiger partial charge in [-0.3, -0.25) is 10.1 Å². The predicted molar refractivity (Wildman–Crippen MR) is 77.0 cm³/mol. The Morgan fingerprint density at radius 2 is 2.42 bits per heavy atom. The number of thioether (sulfide) groups is 1. The van der Waals surface area contributed by atoms with Crippen molar-refractivity contribution in [2.45, 2.75) is 11.4 Å². The van der Waals surface area contributed by atoms with Crippen molar-refractivity contribution in [3.8, 4) is 11.5 Å². The van der Waals surface area contributed by atoms with E-state index < -0.39 is 12.0 Å². The van der Waals surface area contributed by atoms with Gasteiger partial charge in [-0.1, -0.05) is 0 Å². The van der Waals surface area contributed by atoms with E-state index in [1.54, 1.807) is 18.9 Å². The lowest BCUT2D eigenvalue weighted by Crippen LogP contribution is -2.38. The number of benzene rings is 1. The van der Waals surface area contributed by atoms with Crippen LogP contribution in [0.2, 0.25) is 0 Å². The summed E-state index contributed by atoms with van der Waals surface area (Å²) >= 11 is 4.96. The summed E-state index contributed by atoms with van der Waals surface area (Å²) in [6.45, 7) is 0.416. The Bertz CT molecular complexity index is 471. The summed E-state index contributed by atoms with van der Waals surface area (Å²) in [7, 11) is 1.60. The number of carbonyl (C=O) groups is 1. The molecule has 0 aromatic heterocycles. The molecule has 19 heavy (non-hydrogen) atoms. The molecule has 1 aliphatic rings. The molecule has 5 nitrogen and oxygen atoms in total. The van der Waals surface area contributed by atoms with Gasteiger partial charge in [0, 0.05) is 5.75 Å². The normalized spacial score (nSPS) is 22.2. The molecule has 2 unspecified atom stereocenters. The first-order valence-corrected chi connectivity index (χ1v) is 7.51. The summed E-state index contributed by atoms with van der Waals surface area (Å²) in [5.41, 5.74) is 0. The van der Waals surface area contributed by atoms with Crippen molar-refractivity contribution in [1.29, 1.82) is 0 Å². The Morgan fingerprint density at radius 1 is 1.63 bits per heavy atom. The van der Waals surface area contributed by atoms with Crippen molar-refractivity contribution in [1.82, 2.24) is 5.32 Å². The molecule has 2 N–H and O–H groups in total. The van der Waals surface area contributed by atoms with Crippen molar-refractivity contribution < 1.29 is 19.4 Å². The first-order valence-electron chi connectivity index (χ1n) is 5.67. The van der Waals surface area contributed by atoms with Crippen molar-refractivity contribution in [3.05, 3.63) is 22.7 Å². The van der Waals surface area contributed by atoms with Crippen LogP contribution in [-0.2, 0) is 4.79 Å². The van der Waals surface area contributed by atoms with Gasteiger partial charge in [0.2, 0.25) is 0 Å². The van der Waals surface area contributed by atoms with E-state index in [2.05, 4.69) is 21.2 Å². The number of hydrogen-bond donors (Lipinski definition) is 2. The number of hydrogen-bond acceptors (Lipinski definition) is 5. The molecular weight excluding hydrogens is 334 g/mol. The molecule has 2 rings (SSSR count). The number of carboxylic acid groups (broad SMARTS) is 1. The molecule has 1 aromatic rings. The zero-order valence-electron chi connectivity index (χ0n) is 10.3. The lowest BCUT2D eigenvalue weighted by atomic mass is 10.3. The molecule has 1 aromatic carbocycles. The van der Waals surface area contributed by atoms with Gasteiger partial charge in [0.1, 0.15) is 24.1 Å². The Labute approximate surface area is 123 Å². The number of carboxylic acids is 1. The smallest absolute Gasteiger partial charge is 0.321 e. The predicted octanol–water partition coefficient (Wildman–Crippen LogP) is 1.95. The Kier molecular flexibility index (Phi) is 4.95. The Hall–Kier alpha value is -0.920. The minimum absolute atomic E-state index is 0.00454. The second-order valence-corrected chi connectivity index (χ2v) is 6.08. The van der Waals surface area contributed by atoms with E-state index in [-0.39, 0.29) is 5.37 Å². The van der Waals surface area contributed by atoms with Crippen LogP contribution in [0.4, 0.5) is 0 Å². The molecule has 0 bridgehead atoms. The summed E-state index contributed by atoms with van der Waals surface area (Å²) in [5.74, 6) is 1.20. The van der Waals surface area contributed by atoms with Crippen molar-refractivity contribution in [2.24, 2.45) is 0 Å². The number of methoxy groups -OCH3 is 1. The van der Waals surface area contributed by atoms with Gasteiger partial charge < -0.3 is 14.6 Å². The van der Waals surface area contributed by atoms with E-state index in [0.717, 1.165) is 10.2 Å². The highest BCUT2D eigenvalue weighted by atomic mass is 79.9. The minimum Gasteiger partial charge on any atom is -0.497 e.